The monoisotopic (exact) mass is 233 g/mol. The Hall–Kier alpha value is -1.42. The normalized spacial score (nSPS) is 15.9. The van der Waals surface area contributed by atoms with Gasteiger partial charge in [0.2, 0.25) is 0 Å². The molecule has 84 valence electrons. The van der Waals surface area contributed by atoms with Gasteiger partial charge in [-0.25, -0.2) is 0 Å². The summed E-state index contributed by atoms with van der Waals surface area (Å²) in [7, 11) is 0. The van der Waals surface area contributed by atoms with Crippen LogP contribution in [-0.2, 0) is 6.42 Å². The third-order valence-corrected chi connectivity index (χ3v) is 2.82. The second-order valence-corrected chi connectivity index (χ2v) is 4.10. The molecule has 0 saturated heterocycles. The van der Waals surface area contributed by atoms with E-state index in [1.165, 1.54) is 11.1 Å². The zero-order chi connectivity index (χ0) is 11.4. The molecule has 1 aliphatic carbocycles. The maximum absolute atomic E-state index is 5.06. The van der Waals surface area contributed by atoms with Crippen molar-refractivity contribution in [3.63, 3.8) is 0 Å². The van der Waals surface area contributed by atoms with E-state index in [1.54, 1.807) is 0 Å². The average molecular weight is 233 g/mol. The molecule has 1 aliphatic rings. The highest BCUT2D eigenvalue weighted by Crippen LogP contribution is 2.21. The maximum Gasteiger partial charge on any atom is 0.186 e. The molecule has 1 aromatic rings. The van der Waals surface area contributed by atoms with Crippen molar-refractivity contribution >= 4 is 23.0 Å². The molecule has 0 spiro atoms. The second-order valence-electron chi connectivity index (χ2n) is 3.69. The number of hydrogen-bond acceptors (Lipinski definition) is 2. The molecule has 2 rings (SSSR count). The van der Waals surface area contributed by atoms with Gasteiger partial charge >= 0.3 is 0 Å². The van der Waals surface area contributed by atoms with Crippen LogP contribution in [0.1, 0.15) is 24.5 Å². The number of benzene rings is 1. The number of nitrogens with zero attached hydrogens (tertiary/aromatic N) is 1. The summed E-state index contributed by atoms with van der Waals surface area (Å²) in [5.41, 5.74) is 6.59. The van der Waals surface area contributed by atoms with Gasteiger partial charge in [0.25, 0.3) is 0 Å². The van der Waals surface area contributed by atoms with Gasteiger partial charge < -0.3 is 5.32 Å². The van der Waals surface area contributed by atoms with Crippen LogP contribution in [-0.4, -0.2) is 17.4 Å². The van der Waals surface area contributed by atoms with Crippen LogP contribution < -0.4 is 10.7 Å². The van der Waals surface area contributed by atoms with Gasteiger partial charge in [-0.3, -0.25) is 5.43 Å². The van der Waals surface area contributed by atoms with E-state index in [2.05, 4.69) is 34.0 Å². The van der Waals surface area contributed by atoms with Crippen LogP contribution in [0.2, 0.25) is 0 Å². The minimum Gasteiger partial charge on any atom is -0.362 e. The Balaban J connectivity index is 2.07. The Labute approximate surface area is 101 Å². The van der Waals surface area contributed by atoms with Gasteiger partial charge in [-0.15, -0.1) is 0 Å². The molecule has 0 amide bonds. The lowest BCUT2D eigenvalue weighted by Crippen LogP contribution is -2.32. The highest BCUT2D eigenvalue weighted by atomic mass is 32.1. The number of hydrazone groups is 1. The SMILES string of the molecule is CCNC(=S)N/N=C1/CCc2ccccc21. The van der Waals surface area contributed by atoms with Crippen molar-refractivity contribution in [3.05, 3.63) is 35.4 Å². The molecule has 4 heteroatoms. The van der Waals surface area contributed by atoms with Gasteiger partial charge in [0.05, 0.1) is 5.71 Å². The van der Waals surface area contributed by atoms with Crippen LogP contribution in [0.4, 0.5) is 0 Å². The van der Waals surface area contributed by atoms with E-state index in [-0.39, 0.29) is 0 Å². The molecule has 3 nitrogen and oxygen atoms in total. The Morgan fingerprint density at radius 2 is 2.19 bits per heavy atom. The Bertz CT molecular complexity index is 426. The quantitative estimate of drug-likeness (QED) is 0.604. The summed E-state index contributed by atoms with van der Waals surface area (Å²) in [6, 6.07) is 8.38. The third-order valence-electron chi connectivity index (χ3n) is 2.59. The third kappa shape index (κ3) is 2.39. The topological polar surface area (TPSA) is 36.4 Å². The number of rotatable bonds is 2. The summed E-state index contributed by atoms with van der Waals surface area (Å²) in [6.45, 7) is 2.82. The number of aryl methyl sites for hydroxylation is 1. The zero-order valence-corrected chi connectivity index (χ0v) is 10.1. The summed E-state index contributed by atoms with van der Waals surface area (Å²) >= 11 is 5.06. The van der Waals surface area contributed by atoms with Gasteiger partial charge in [0.1, 0.15) is 0 Å². The van der Waals surface area contributed by atoms with Crippen LogP contribution in [0.5, 0.6) is 0 Å². The van der Waals surface area contributed by atoms with Crippen LogP contribution in [0, 0.1) is 0 Å². The number of hydrogen-bond donors (Lipinski definition) is 2. The molecular weight excluding hydrogens is 218 g/mol. The predicted octanol–water partition coefficient (Wildman–Crippen LogP) is 1.82. The van der Waals surface area contributed by atoms with Crippen molar-refractivity contribution in [1.82, 2.24) is 10.7 Å². The van der Waals surface area contributed by atoms with Crippen molar-refractivity contribution < 1.29 is 0 Å². The summed E-state index contributed by atoms with van der Waals surface area (Å²) in [4.78, 5) is 0. The van der Waals surface area contributed by atoms with Crippen LogP contribution >= 0.6 is 12.2 Å². The molecule has 0 bridgehead atoms. The minimum absolute atomic E-state index is 0.583. The van der Waals surface area contributed by atoms with E-state index in [9.17, 15) is 0 Å². The predicted molar refractivity (Wildman–Crippen MR) is 70.7 cm³/mol. The van der Waals surface area contributed by atoms with Crippen LogP contribution in [0.15, 0.2) is 29.4 Å². The van der Waals surface area contributed by atoms with E-state index >= 15 is 0 Å². The van der Waals surface area contributed by atoms with E-state index in [1.807, 2.05) is 13.0 Å². The molecule has 0 atom stereocenters. The molecule has 0 saturated carbocycles. The Morgan fingerprint density at radius 1 is 1.38 bits per heavy atom. The highest BCUT2D eigenvalue weighted by Gasteiger charge is 2.16. The largest absolute Gasteiger partial charge is 0.362 e. The first-order chi connectivity index (χ1) is 7.81. The maximum atomic E-state index is 5.06. The molecule has 0 unspecified atom stereocenters. The first-order valence-electron chi connectivity index (χ1n) is 5.50. The van der Waals surface area contributed by atoms with Crippen molar-refractivity contribution in [1.29, 1.82) is 0 Å². The van der Waals surface area contributed by atoms with Crippen molar-refractivity contribution in [2.75, 3.05) is 6.54 Å². The van der Waals surface area contributed by atoms with Crippen molar-refractivity contribution in [2.24, 2.45) is 5.10 Å². The average Bonchev–Trinajstić information content (AvgIpc) is 2.70. The fraction of sp³-hybridized carbons (Fsp3) is 0.333. The minimum atomic E-state index is 0.583. The number of fused-ring (bicyclic) bond motifs is 1. The Morgan fingerprint density at radius 3 is 3.00 bits per heavy atom. The lowest BCUT2D eigenvalue weighted by Gasteiger charge is -2.05. The van der Waals surface area contributed by atoms with Gasteiger partial charge in [-0.05, 0) is 37.5 Å². The molecule has 0 aliphatic heterocycles. The summed E-state index contributed by atoms with van der Waals surface area (Å²) in [5, 5.41) is 7.94. The van der Waals surface area contributed by atoms with E-state index in [4.69, 9.17) is 12.2 Å². The number of nitrogens with one attached hydrogen (secondary N) is 2. The molecule has 16 heavy (non-hydrogen) atoms. The van der Waals surface area contributed by atoms with E-state index in [0.717, 1.165) is 25.1 Å². The zero-order valence-electron chi connectivity index (χ0n) is 9.29. The van der Waals surface area contributed by atoms with Gasteiger partial charge in [0.15, 0.2) is 5.11 Å². The van der Waals surface area contributed by atoms with Gasteiger partial charge in [-0.2, -0.15) is 5.10 Å². The van der Waals surface area contributed by atoms with E-state index in [0.29, 0.717) is 5.11 Å². The standard InChI is InChI=1S/C12H15N3S/c1-2-13-12(16)15-14-11-8-7-9-5-3-4-6-10(9)11/h3-6H,2,7-8H2,1H3,(H2,13,15,16)/b14-11-. The summed E-state index contributed by atoms with van der Waals surface area (Å²) in [5.74, 6) is 0. The van der Waals surface area contributed by atoms with Crippen LogP contribution in [0.25, 0.3) is 0 Å². The summed E-state index contributed by atoms with van der Waals surface area (Å²) < 4.78 is 0. The van der Waals surface area contributed by atoms with E-state index < -0.39 is 0 Å². The molecule has 1 aromatic carbocycles. The fourth-order valence-electron chi connectivity index (χ4n) is 1.84. The van der Waals surface area contributed by atoms with Crippen molar-refractivity contribution in [2.45, 2.75) is 19.8 Å². The highest BCUT2D eigenvalue weighted by molar-refractivity contribution is 7.80. The summed E-state index contributed by atoms with van der Waals surface area (Å²) in [6.07, 6.45) is 2.06. The lowest BCUT2D eigenvalue weighted by atomic mass is 10.1. The number of thiocarbonyl (C=S) groups is 1. The Kier molecular flexibility index (Phi) is 3.51. The molecular formula is C12H15N3S. The first-order valence-corrected chi connectivity index (χ1v) is 5.90. The van der Waals surface area contributed by atoms with Crippen molar-refractivity contribution in [3.8, 4) is 0 Å². The van der Waals surface area contributed by atoms with Gasteiger partial charge in [-0.1, -0.05) is 24.3 Å². The first kappa shape index (κ1) is 11.1. The molecule has 2 N–H and O–H groups in total. The van der Waals surface area contributed by atoms with Gasteiger partial charge in [0, 0.05) is 12.1 Å². The molecule has 0 heterocycles. The smallest absolute Gasteiger partial charge is 0.186 e. The lowest BCUT2D eigenvalue weighted by molar-refractivity contribution is 0.897. The molecule has 0 fully saturated rings. The molecule has 0 radical (unpaired) electrons. The molecule has 0 aromatic heterocycles. The second kappa shape index (κ2) is 5.07. The van der Waals surface area contributed by atoms with Crippen LogP contribution in [0.3, 0.4) is 0 Å². The fourth-order valence-corrected chi connectivity index (χ4v) is 2.03.